The largest absolute Gasteiger partial charge is 0.497 e. The van der Waals surface area contributed by atoms with E-state index in [0.717, 1.165) is 12.8 Å². The summed E-state index contributed by atoms with van der Waals surface area (Å²) in [6, 6.07) is 13.5. The van der Waals surface area contributed by atoms with Crippen molar-refractivity contribution in [1.82, 2.24) is 4.90 Å². The summed E-state index contributed by atoms with van der Waals surface area (Å²) in [5.41, 5.74) is 1.53. The minimum absolute atomic E-state index is 0.144. The number of nitrogens with zero attached hydrogens (tertiary/aromatic N) is 2. The van der Waals surface area contributed by atoms with E-state index in [1.165, 1.54) is 4.90 Å². The molecule has 2 aliphatic rings. The third kappa shape index (κ3) is 3.68. The molecule has 7 heteroatoms. The fraction of sp³-hybridized carbons (Fsp3) is 0.318. The Morgan fingerprint density at radius 3 is 2.79 bits per heavy atom. The highest BCUT2D eigenvalue weighted by molar-refractivity contribution is 6.13. The van der Waals surface area contributed by atoms with E-state index >= 15 is 0 Å². The Bertz CT molecular complexity index is 959. The second-order valence-electron chi connectivity index (χ2n) is 7.23. The van der Waals surface area contributed by atoms with Gasteiger partial charge >= 0.3 is 0 Å². The molecule has 4 rings (SSSR count). The lowest BCUT2D eigenvalue weighted by Crippen LogP contribution is -2.52. The number of ether oxygens (including phenoxy) is 1. The highest BCUT2D eigenvalue weighted by atomic mass is 16.5. The summed E-state index contributed by atoms with van der Waals surface area (Å²) < 4.78 is 5.18. The third-order valence-electron chi connectivity index (χ3n) is 5.40. The van der Waals surface area contributed by atoms with Crippen LogP contribution in [0.3, 0.4) is 0 Å². The summed E-state index contributed by atoms with van der Waals surface area (Å²) in [6.07, 6.45) is 2.39. The average molecular weight is 393 g/mol. The first kappa shape index (κ1) is 19.0. The maximum Gasteiger partial charge on any atom is 0.256 e. The molecule has 7 nitrogen and oxygen atoms in total. The van der Waals surface area contributed by atoms with Gasteiger partial charge in [-0.05, 0) is 43.5 Å². The van der Waals surface area contributed by atoms with Crippen molar-refractivity contribution in [2.75, 3.05) is 30.4 Å². The number of hydrogen-bond acceptors (Lipinski definition) is 4. The molecule has 0 aliphatic carbocycles. The van der Waals surface area contributed by atoms with E-state index in [4.69, 9.17) is 4.74 Å². The van der Waals surface area contributed by atoms with Crippen molar-refractivity contribution in [2.24, 2.45) is 0 Å². The Morgan fingerprint density at radius 1 is 1.14 bits per heavy atom. The van der Waals surface area contributed by atoms with Crippen LogP contribution in [0, 0.1) is 0 Å². The van der Waals surface area contributed by atoms with Crippen molar-refractivity contribution in [3.8, 4) is 5.75 Å². The second-order valence-corrected chi connectivity index (χ2v) is 7.23. The number of piperidine rings is 1. The quantitative estimate of drug-likeness (QED) is 0.866. The molecule has 0 saturated carbocycles. The number of hydrogen-bond donors (Lipinski definition) is 1. The molecule has 0 aromatic heterocycles. The molecule has 1 N–H and O–H groups in total. The van der Waals surface area contributed by atoms with Crippen LogP contribution in [-0.2, 0) is 9.59 Å². The van der Waals surface area contributed by atoms with Gasteiger partial charge in [-0.2, -0.15) is 0 Å². The van der Waals surface area contributed by atoms with Crippen LogP contribution in [-0.4, -0.2) is 48.9 Å². The molecule has 2 aliphatic heterocycles. The molecular weight excluding hydrogens is 370 g/mol. The van der Waals surface area contributed by atoms with Gasteiger partial charge in [-0.25, -0.2) is 0 Å². The number of amides is 3. The summed E-state index contributed by atoms with van der Waals surface area (Å²) in [4.78, 5) is 42.2. The number of nitrogens with one attached hydrogen (secondary N) is 1. The SMILES string of the molecule is COc1cccc(NC(=O)CN2C(=O)C3CCCCN3C(=O)c3ccccc32)c1. The summed E-state index contributed by atoms with van der Waals surface area (Å²) in [5, 5.41) is 2.81. The zero-order chi connectivity index (χ0) is 20.4. The number of methoxy groups -OCH3 is 1. The molecule has 0 spiro atoms. The summed E-state index contributed by atoms with van der Waals surface area (Å²) >= 11 is 0. The number of benzene rings is 2. The molecular formula is C22H23N3O4. The highest BCUT2D eigenvalue weighted by Crippen LogP contribution is 2.31. The maximum atomic E-state index is 13.3. The van der Waals surface area contributed by atoms with Gasteiger partial charge in [0.2, 0.25) is 11.8 Å². The first-order valence-corrected chi connectivity index (χ1v) is 9.74. The lowest BCUT2D eigenvalue weighted by Gasteiger charge is -2.34. The predicted molar refractivity (Wildman–Crippen MR) is 109 cm³/mol. The zero-order valence-electron chi connectivity index (χ0n) is 16.3. The van der Waals surface area contributed by atoms with Gasteiger partial charge < -0.3 is 19.9 Å². The normalized spacial score (nSPS) is 18.6. The molecule has 0 radical (unpaired) electrons. The number of fused-ring (bicyclic) bond motifs is 2. The number of rotatable bonds is 4. The zero-order valence-corrected chi connectivity index (χ0v) is 16.3. The van der Waals surface area contributed by atoms with E-state index in [-0.39, 0.29) is 24.3 Å². The Kier molecular flexibility index (Phi) is 5.20. The Morgan fingerprint density at radius 2 is 1.97 bits per heavy atom. The number of anilines is 2. The van der Waals surface area contributed by atoms with Crippen LogP contribution in [0.25, 0.3) is 0 Å². The van der Waals surface area contributed by atoms with E-state index in [9.17, 15) is 14.4 Å². The van der Waals surface area contributed by atoms with Crippen LogP contribution < -0.4 is 15.0 Å². The predicted octanol–water partition coefficient (Wildman–Crippen LogP) is 2.68. The van der Waals surface area contributed by atoms with E-state index in [0.29, 0.717) is 35.7 Å². The van der Waals surface area contributed by atoms with Gasteiger partial charge in [0.15, 0.2) is 0 Å². The number of carbonyl (C=O) groups is 3. The minimum atomic E-state index is -0.520. The maximum absolute atomic E-state index is 13.3. The van der Waals surface area contributed by atoms with Crippen molar-refractivity contribution in [2.45, 2.75) is 25.3 Å². The van der Waals surface area contributed by atoms with Crippen LogP contribution in [0.15, 0.2) is 48.5 Å². The summed E-state index contributed by atoms with van der Waals surface area (Å²) in [5.74, 6) is -0.0568. The molecule has 1 fully saturated rings. The lowest BCUT2D eigenvalue weighted by atomic mass is 10.0. The topological polar surface area (TPSA) is 79.0 Å². The van der Waals surface area contributed by atoms with Crippen LogP contribution in [0.4, 0.5) is 11.4 Å². The summed E-state index contributed by atoms with van der Waals surface area (Å²) in [7, 11) is 1.56. The van der Waals surface area contributed by atoms with Gasteiger partial charge in [-0.1, -0.05) is 18.2 Å². The molecule has 1 atom stereocenters. The first-order valence-electron chi connectivity index (χ1n) is 9.74. The molecule has 150 valence electrons. The molecule has 0 bridgehead atoms. The standard InChI is InChI=1S/C22H23N3O4/c1-29-16-8-6-7-15(13-16)23-20(26)14-25-18-10-3-2-9-17(18)21(27)24-12-5-4-11-19(24)22(25)28/h2-3,6-10,13,19H,4-5,11-12,14H2,1H3,(H,23,26). The van der Waals surface area contributed by atoms with Gasteiger partial charge in [0.25, 0.3) is 5.91 Å². The van der Waals surface area contributed by atoms with E-state index in [1.807, 2.05) is 0 Å². The molecule has 3 amide bonds. The van der Waals surface area contributed by atoms with Crippen molar-refractivity contribution >= 4 is 29.1 Å². The van der Waals surface area contributed by atoms with Crippen LogP contribution in [0.2, 0.25) is 0 Å². The molecule has 2 aromatic rings. The Labute approximate surface area is 169 Å². The Hall–Kier alpha value is -3.35. The first-order chi connectivity index (χ1) is 14.1. The summed E-state index contributed by atoms with van der Waals surface area (Å²) in [6.45, 7) is 0.401. The van der Waals surface area contributed by atoms with Gasteiger partial charge in [-0.3, -0.25) is 14.4 Å². The average Bonchev–Trinajstić information content (AvgIpc) is 2.84. The van der Waals surface area contributed by atoms with Crippen molar-refractivity contribution in [3.05, 3.63) is 54.1 Å². The van der Waals surface area contributed by atoms with Gasteiger partial charge in [-0.15, -0.1) is 0 Å². The number of carbonyl (C=O) groups excluding carboxylic acids is 3. The van der Waals surface area contributed by atoms with Gasteiger partial charge in [0.05, 0.1) is 18.4 Å². The lowest BCUT2D eigenvalue weighted by molar-refractivity contribution is -0.125. The van der Waals surface area contributed by atoms with E-state index in [2.05, 4.69) is 5.32 Å². The van der Waals surface area contributed by atoms with Gasteiger partial charge in [0.1, 0.15) is 18.3 Å². The van der Waals surface area contributed by atoms with Crippen LogP contribution in [0.5, 0.6) is 5.75 Å². The molecule has 2 aromatic carbocycles. The molecule has 1 saturated heterocycles. The molecule has 29 heavy (non-hydrogen) atoms. The van der Waals surface area contributed by atoms with Crippen molar-refractivity contribution < 1.29 is 19.1 Å². The molecule has 1 unspecified atom stereocenters. The van der Waals surface area contributed by atoms with Crippen LogP contribution in [0.1, 0.15) is 29.6 Å². The monoisotopic (exact) mass is 393 g/mol. The van der Waals surface area contributed by atoms with E-state index in [1.54, 1.807) is 60.5 Å². The third-order valence-corrected chi connectivity index (χ3v) is 5.40. The fourth-order valence-electron chi connectivity index (χ4n) is 3.98. The second kappa shape index (κ2) is 7.95. The van der Waals surface area contributed by atoms with E-state index < -0.39 is 6.04 Å². The highest BCUT2D eigenvalue weighted by Gasteiger charge is 2.40. The van der Waals surface area contributed by atoms with Crippen molar-refractivity contribution in [3.63, 3.8) is 0 Å². The smallest absolute Gasteiger partial charge is 0.256 e. The molecule has 2 heterocycles. The number of para-hydroxylation sites is 1. The van der Waals surface area contributed by atoms with Crippen LogP contribution >= 0.6 is 0 Å². The fourth-order valence-corrected chi connectivity index (χ4v) is 3.98. The van der Waals surface area contributed by atoms with Crippen molar-refractivity contribution in [1.29, 1.82) is 0 Å². The minimum Gasteiger partial charge on any atom is -0.497 e. The Balaban J connectivity index is 1.62. The van der Waals surface area contributed by atoms with Gasteiger partial charge in [0, 0.05) is 18.3 Å².